The normalized spacial score (nSPS) is 24.1. The van der Waals surface area contributed by atoms with Crippen molar-refractivity contribution < 1.29 is 9.84 Å². The first-order valence-corrected chi connectivity index (χ1v) is 12.8. The van der Waals surface area contributed by atoms with Crippen molar-refractivity contribution in [2.45, 2.75) is 51.0 Å². The molecule has 5 heteroatoms. The number of rotatable bonds is 10. The Morgan fingerprint density at radius 3 is 2.74 bits per heavy atom. The fraction of sp³-hybridized carbons (Fsp3) is 0.483. The van der Waals surface area contributed by atoms with E-state index >= 15 is 0 Å². The smallest absolute Gasteiger partial charge is 0.144 e. The molecule has 0 radical (unpaired) electrons. The topological polar surface area (TPSA) is 61.4 Å². The van der Waals surface area contributed by atoms with Gasteiger partial charge in [-0.05, 0) is 81.8 Å². The average molecular weight is 460 g/mol. The van der Waals surface area contributed by atoms with E-state index in [1.807, 2.05) is 25.1 Å². The molecule has 0 spiro atoms. The van der Waals surface area contributed by atoms with Crippen molar-refractivity contribution in [3.63, 3.8) is 0 Å². The van der Waals surface area contributed by atoms with E-state index in [0.29, 0.717) is 12.5 Å². The van der Waals surface area contributed by atoms with Crippen LogP contribution in [0.25, 0.3) is 16.6 Å². The first-order chi connectivity index (χ1) is 16.6. The molecule has 0 amide bonds. The zero-order valence-electron chi connectivity index (χ0n) is 20.5. The van der Waals surface area contributed by atoms with E-state index in [2.05, 4.69) is 53.3 Å². The molecule has 0 saturated heterocycles. The highest BCUT2D eigenvalue weighted by atomic mass is 16.5. The minimum atomic E-state index is -0.566. The van der Waals surface area contributed by atoms with Gasteiger partial charge in [0.1, 0.15) is 17.1 Å². The number of benzene rings is 2. The van der Waals surface area contributed by atoms with Crippen LogP contribution >= 0.6 is 0 Å². The van der Waals surface area contributed by atoms with Crippen molar-refractivity contribution in [2.75, 3.05) is 26.7 Å². The zero-order chi connectivity index (χ0) is 23.5. The summed E-state index contributed by atoms with van der Waals surface area (Å²) < 4.78 is 5.72. The molecule has 34 heavy (non-hydrogen) atoms. The number of para-hydroxylation sites is 1. The molecule has 1 saturated carbocycles. The number of fused-ring (bicyclic) bond motifs is 3. The molecule has 0 aliphatic heterocycles. The monoisotopic (exact) mass is 459 g/mol. The number of aromatic nitrogens is 2. The summed E-state index contributed by atoms with van der Waals surface area (Å²) >= 11 is 0. The number of H-pyrrole nitrogens is 1. The lowest BCUT2D eigenvalue weighted by Crippen LogP contribution is -2.48. The van der Waals surface area contributed by atoms with Crippen molar-refractivity contribution in [3.05, 3.63) is 66.0 Å². The molecule has 2 aromatic carbocycles. The molecule has 5 nitrogen and oxygen atoms in total. The van der Waals surface area contributed by atoms with Gasteiger partial charge in [0.25, 0.3) is 0 Å². The lowest BCUT2D eigenvalue weighted by molar-refractivity contribution is -0.0574. The second-order valence-electron chi connectivity index (χ2n) is 10.1. The molecule has 1 aromatic heterocycles. The fourth-order valence-corrected chi connectivity index (χ4v) is 5.90. The highest BCUT2D eigenvalue weighted by Crippen LogP contribution is 2.51. The molecule has 3 atom stereocenters. The Hall–Kier alpha value is -2.63. The third-order valence-corrected chi connectivity index (χ3v) is 7.75. The third kappa shape index (κ3) is 4.77. The summed E-state index contributed by atoms with van der Waals surface area (Å²) in [6.07, 6.45) is 8.36. The number of hydrogen-bond acceptors (Lipinski definition) is 4. The highest BCUT2D eigenvalue weighted by molar-refractivity contribution is 5.81. The molecule has 3 aliphatic rings. The first-order valence-electron chi connectivity index (χ1n) is 12.8. The molecule has 6 rings (SSSR count). The van der Waals surface area contributed by atoms with Crippen molar-refractivity contribution in [3.8, 4) is 5.75 Å². The second-order valence-corrected chi connectivity index (χ2v) is 10.1. The first kappa shape index (κ1) is 23.1. The van der Waals surface area contributed by atoms with Gasteiger partial charge in [-0.1, -0.05) is 42.5 Å². The second kappa shape index (κ2) is 9.93. The molecule has 1 unspecified atom stereocenters. The summed E-state index contributed by atoms with van der Waals surface area (Å²) in [4.78, 5) is 10.5. The van der Waals surface area contributed by atoms with E-state index < -0.39 is 5.60 Å². The Labute approximate surface area is 202 Å². The number of aromatic amines is 1. The molecule has 180 valence electrons. The van der Waals surface area contributed by atoms with Crippen LogP contribution in [0, 0.1) is 11.8 Å². The Kier molecular flexibility index (Phi) is 6.75. The molecule has 2 N–H and O–H groups in total. The standard InChI is InChI=1S/C29H37N3O2/c1-3-34-26-12-7-11-25-28(26)31-27(30-25)13-8-17-32(2)18-16-29(33)20-22-14-15-23(29)19-24(22)21-9-5-4-6-10-21/h4-7,9-12,19,22-23,33H,3,8,13-18,20H2,1-2H3,(H,30,31)/t22-,23?,29+/m1/s1. The van der Waals surface area contributed by atoms with E-state index in [-0.39, 0.29) is 5.92 Å². The molecule has 3 aromatic rings. The van der Waals surface area contributed by atoms with Crippen LogP contribution in [0.4, 0.5) is 0 Å². The third-order valence-electron chi connectivity index (χ3n) is 7.75. The summed E-state index contributed by atoms with van der Waals surface area (Å²) in [5.74, 6) is 2.64. The lowest BCUT2D eigenvalue weighted by atomic mass is 9.61. The number of ether oxygens (including phenoxy) is 1. The lowest BCUT2D eigenvalue weighted by Gasteiger charge is -2.48. The molecular formula is C29H37N3O2. The van der Waals surface area contributed by atoms with Crippen LogP contribution in [0.5, 0.6) is 5.75 Å². The average Bonchev–Trinajstić information content (AvgIpc) is 3.28. The summed E-state index contributed by atoms with van der Waals surface area (Å²) in [7, 11) is 2.17. The van der Waals surface area contributed by atoms with Gasteiger partial charge < -0.3 is 19.7 Å². The highest BCUT2D eigenvalue weighted by Gasteiger charge is 2.46. The van der Waals surface area contributed by atoms with E-state index in [1.165, 1.54) is 17.6 Å². The molecule has 3 aliphatic carbocycles. The van der Waals surface area contributed by atoms with Gasteiger partial charge in [-0.2, -0.15) is 0 Å². The Morgan fingerprint density at radius 1 is 1.12 bits per heavy atom. The summed E-state index contributed by atoms with van der Waals surface area (Å²) in [6.45, 7) is 4.56. The van der Waals surface area contributed by atoms with Gasteiger partial charge in [-0.25, -0.2) is 4.98 Å². The molecule has 2 bridgehead atoms. The van der Waals surface area contributed by atoms with Gasteiger partial charge in [-0.15, -0.1) is 0 Å². The predicted octanol–water partition coefficient (Wildman–Crippen LogP) is 5.46. The van der Waals surface area contributed by atoms with Crippen LogP contribution in [-0.4, -0.2) is 52.3 Å². The van der Waals surface area contributed by atoms with Crippen LogP contribution < -0.4 is 4.74 Å². The van der Waals surface area contributed by atoms with Crippen molar-refractivity contribution >= 4 is 16.6 Å². The zero-order valence-corrected chi connectivity index (χ0v) is 20.5. The summed E-state index contributed by atoms with van der Waals surface area (Å²) in [6, 6.07) is 16.7. The SMILES string of the molecule is CCOc1cccc2nc(CCCN(C)CC[C@]3(O)C[C@H]4CCC3C=C4c3ccccc3)[nH]c12. The minimum absolute atomic E-state index is 0.274. The maximum Gasteiger partial charge on any atom is 0.144 e. The number of hydrogen-bond donors (Lipinski definition) is 2. The van der Waals surface area contributed by atoms with E-state index in [4.69, 9.17) is 9.72 Å². The molecule has 1 heterocycles. The van der Waals surface area contributed by atoms with E-state index in [0.717, 1.165) is 67.8 Å². The molecule has 1 fully saturated rings. The Morgan fingerprint density at radius 2 is 1.97 bits per heavy atom. The van der Waals surface area contributed by atoms with Gasteiger partial charge in [-0.3, -0.25) is 0 Å². The van der Waals surface area contributed by atoms with Gasteiger partial charge in [0.15, 0.2) is 0 Å². The number of aliphatic hydroxyl groups is 1. The number of aryl methyl sites for hydroxylation is 1. The molecular weight excluding hydrogens is 422 g/mol. The fourth-order valence-electron chi connectivity index (χ4n) is 5.90. The van der Waals surface area contributed by atoms with Crippen LogP contribution in [0.15, 0.2) is 54.6 Å². The van der Waals surface area contributed by atoms with Crippen molar-refractivity contribution in [2.24, 2.45) is 11.8 Å². The largest absolute Gasteiger partial charge is 0.492 e. The summed E-state index contributed by atoms with van der Waals surface area (Å²) in [5.41, 5.74) is 4.17. The number of allylic oxidation sites excluding steroid dienone is 1. The number of nitrogens with zero attached hydrogens (tertiary/aromatic N) is 2. The Bertz CT molecular complexity index is 1140. The van der Waals surface area contributed by atoms with Crippen LogP contribution in [0.1, 0.15) is 50.4 Å². The summed E-state index contributed by atoms with van der Waals surface area (Å²) in [5, 5.41) is 11.5. The van der Waals surface area contributed by atoms with Gasteiger partial charge in [0.2, 0.25) is 0 Å². The maximum absolute atomic E-state index is 11.5. The van der Waals surface area contributed by atoms with Crippen molar-refractivity contribution in [1.82, 2.24) is 14.9 Å². The van der Waals surface area contributed by atoms with Gasteiger partial charge in [0, 0.05) is 18.9 Å². The van der Waals surface area contributed by atoms with Crippen LogP contribution in [0.3, 0.4) is 0 Å². The van der Waals surface area contributed by atoms with Gasteiger partial charge in [0.05, 0.1) is 17.7 Å². The van der Waals surface area contributed by atoms with Crippen molar-refractivity contribution in [1.29, 1.82) is 0 Å². The van der Waals surface area contributed by atoms with Gasteiger partial charge >= 0.3 is 0 Å². The Balaban J connectivity index is 1.13. The number of nitrogens with one attached hydrogen (secondary N) is 1. The van der Waals surface area contributed by atoms with Crippen LogP contribution in [-0.2, 0) is 6.42 Å². The quantitative estimate of drug-likeness (QED) is 0.423. The predicted molar refractivity (Wildman–Crippen MR) is 138 cm³/mol. The van der Waals surface area contributed by atoms with Crippen LogP contribution in [0.2, 0.25) is 0 Å². The minimum Gasteiger partial charge on any atom is -0.492 e. The number of imidazole rings is 1. The van der Waals surface area contributed by atoms with E-state index in [9.17, 15) is 5.11 Å². The maximum atomic E-state index is 11.5. The van der Waals surface area contributed by atoms with E-state index in [1.54, 1.807) is 0 Å².